The summed E-state index contributed by atoms with van der Waals surface area (Å²) < 4.78 is 14.5. The fraction of sp³-hybridized carbons (Fsp3) is 0.200. The van der Waals surface area contributed by atoms with Crippen molar-refractivity contribution in [2.45, 2.75) is 18.4 Å². The Morgan fingerprint density at radius 3 is 2.10 bits per heavy atom. The zero-order chi connectivity index (χ0) is 21.7. The SMILES string of the molecule is O=C(NN=Cc1ccc(N2CCCC2)c(F)c1)C(O)(c1ccccc1)c1ccccc1. The lowest BCUT2D eigenvalue weighted by atomic mass is 9.85. The summed E-state index contributed by atoms with van der Waals surface area (Å²) in [6.07, 6.45) is 3.51. The zero-order valence-electron chi connectivity index (χ0n) is 17.0. The van der Waals surface area contributed by atoms with E-state index in [1.54, 1.807) is 60.7 Å². The average Bonchev–Trinajstić information content (AvgIpc) is 3.34. The Balaban J connectivity index is 1.53. The van der Waals surface area contributed by atoms with Crippen molar-refractivity contribution in [3.63, 3.8) is 0 Å². The maximum absolute atomic E-state index is 14.5. The number of amides is 1. The number of hydrazone groups is 1. The molecule has 4 rings (SSSR count). The number of nitrogens with one attached hydrogen (secondary N) is 1. The summed E-state index contributed by atoms with van der Waals surface area (Å²) in [6.45, 7) is 1.72. The molecule has 158 valence electrons. The van der Waals surface area contributed by atoms with E-state index in [2.05, 4.69) is 10.5 Å². The van der Waals surface area contributed by atoms with Gasteiger partial charge in [-0.25, -0.2) is 9.82 Å². The minimum atomic E-state index is -1.91. The van der Waals surface area contributed by atoms with Crippen LogP contribution in [0.4, 0.5) is 10.1 Å². The molecule has 3 aromatic rings. The molecule has 0 radical (unpaired) electrons. The first kappa shape index (κ1) is 20.8. The first-order chi connectivity index (χ1) is 15.1. The number of halogens is 1. The lowest BCUT2D eigenvalue weighted by Crippen LogP contribution is -2.43. The summed E-state index contributed by atoms with van der Waals surface area (Å²) in [4.78, 5) is 15.0. The topological polar surface area (TPSA) is 64.9 Å². The number of rotatable bonds is 6. The molecule has 1 aliphatic heterocycles. The average molecular weight is 417 g/mol. The Hall–Kier alpha value is -3.51. The molecule has 1 heterocycles. The van der Waals surface area contributed by atoms with Gasteiger partial charge in [0.2, 0.25) is 0 Å². The largest absolute Gasteiger partial charge is 0.372 e. The lowest BCUT2D eigenvalue weighted by Gasteiger charge is -2.27. The smallest absolute Gasteiger partial charge is 0.281 e. The minimum Gasteiger partial charge on any atom is -0.372 e. The monoisotopic (exact) mass is 417 g/mol. The highest BCUT2D eigenvalue weighted by atomic mass is 19.1. The highest BCUT2D eigenvalue weighted by Crippen LogP contribution is 2.30. The summed E-state index contributed by atoms with van der Waals surface area (Å²) in [5.41, 5.74) is 2.45. The van der Waals surface area contributed by atoms with Crippen molar-refractivity contribution in [3.8, 4) is 0 Å². The van der Waals surface area contributed by atoms with Crippen LogP contribution in [0.1, 0.15) is 29.5 Å². The fourth-order valence-electron chi connectivity index (χ4n) is 3.85. The Morgan fingerprint density at radius 2 is 1.55 bits per heavy atom. The van der Waals surface area contributed by atoms with E-state index in [9.17, 15) is 14.3 Å². The van der Waals surface area contributed by atoms with Gasteiger partial charge in [-0.1, -0.05) is 66.7 Å². The Bertz CT molecular complexity index is 1030. The van der Waals surface area contributed by atoms with Crippen LogP contribution in [0.25, 0.3) is 0 Å². The van der Waals surface area contributed by atoms with Crippen LogP contribution in [-0.4, -0.2) is 30.3 Å². The van der Waals surface area contributed by atoms with Crippen molar-refractivity contribution in [3.05, 3.63) is 101 Å². The maximum Gasteiger partial charge on any atom is 0.281 e. The Labute approximate surface area is 180 Å². The molecule has 0 unspecified atom stereocenters. The van der Waals surface area contributed by atoms with Gasteiger partial charge >= 0.3 is 0 Å². The van der Waals surface area contributed by atoms with Crippen molar-refractivity contribution in [2.24, 2.45) is 5.10 Å². The van der Waals surface area contributed by atoms with Gasteiger partial charge in [-0.05, 0) is 41.7 Å². The molecule has 3 aromatic carbocycles. The summed E-state index contributed by atoms with van der Waals surface area (Å²) in [7, 11) is 0. The summed E-state index contributed by atoms with van der Waals surface area (Å²) in [5.74, 6) is -1.02. The molecule has 6 heteroatoms. The van der Waals surface area contributed by atoms with E-state index < -0.39 is 11.5 Å². The van der Waals surface area contributed by atoms with Crippen LogP contribution >= 0.6 is 0 Å². The van der Waals surface area contributed by atoms with Crippen molar-refractivity contribution >= 4 is 17.8 Å². The van der Waals surface area contributed by atoms with Crippen molar-refractivity contribution in [2.75, 3.05) is 18.0 Å². The molecule has 1 aliphatic rings. The number of nitrogens with zero attached hydrogens (tertiary/aromatic N) is 2. The van der Waals surface area contributed by atoms with Crippen LogP contribution in [0.2, 0.25) is 0 Å². The first-order valence-corrected chi connectivity index (χ1v) is 10.3. The first-order valence-electron chi connectivity index (χ1n) is 10.3. The van der Waals surface area contributed by atoms with Crippen LogP contribution in [-0.2, 0) is 10.4 Å². The van der Waals surface area contributed by atoms with Gasteiger partial charge in [0.25, 0.3) is 5.91 Å². The van der Waals surface area contributed by atoms with Gasteiger partial charge in [0.05, 0.1) is 11.9 Å². The van der Waals surface area contributed by atoms with Crippen LogP contribution in [0, 0.1) is 5.82 Å². The van der Waals surface area contributed by atoms with Crippen LogP contribution < -0.4 is 10.3 Å². The Morgan fingerprint density at radius 1 is 0.968 bits per heavy atom. The maximum atomic E-state index is 14.5. The molecule has 2 N–H and O–H groups in total. The molecule has 5 nitrogen and oxygen atoms in total. The third-order valence-corrected chi connectivity index (χ3v) is 5.51. The number of hydrogen-bond acceptors (Lipinski definition) is 4. The molecule has 0 atom stereocenters. The van der Waals surface area contributed by atoms with Gasteiger partial charge in [0.1, 0.15) is 5.82 Å². The molecule has 1 fully saturated rings. The lowest BCUT2D eigenvalue weighted by molar-refractivity contribution is -0.136. The molecule has 0 saturated carbocycles. The predicted octanol–water partition coefficient (Wildman–Crippen LogP) is 3.81. The molecule has 1 amide bonds. The van der Waals surface area contributed by atoms with Gasteiger partial charge in [0, 0.05) is 13.1 Å². The summed E-state index contributed by atoms with van der Waals surface area (Å²) in [6, 6.07) is 22.3. The fourth-order valence-corrected chi connectivity index (χ4v) is 3.85. The van der Waals surface area contributed by atoms with Gasteiger partial charge in [0.15, 0.2) is 5.60 Å². The van der Waals surface area contributed by atoms with E-state index in [0.29, 0.717) is 22.4 Å². The number of benzene rings is 3. The number of aliphatic hydroxyl groups is 1. The number of carbonyl (C=O) groups is 1. The third-order valence-electron chi connectivity index (χ3n) is 5.51. The highest BCUT2D eigenvalue weighted by Gasteiger charge is 2.39. The van der Waals surface area contributed by atoms with Gasteiger partial charge in [-0.15, -0.1) is 0 Å². The minimum absolute atomic E-state index is 0.317. The standard InChI is InChI=1S/C25H24FN3O2/c26-22-17-19(13-14-23(22)29-15-7-8-16-29)18-27-28-24(30)25(31,20-9-3-1-4-10-20)21-11-5-2-6-12-21/h1-6,9-14,17-18,31H,7-8,15-16H2,(H,28,30). The van der Waals surface area contributed by atoms with Crippen LogP contribution in [0.15, 0.2) is 84.0 Å². The van der Waals surface area contributed by atoms with E-state index in [-0.39, 0.29) is 5.82 Å². The molecule has 0 spiro atoms. The quantitative estimate of drug-likeness (QED) is 0.474. The van der Waals surface area contributed by atoms with E-state index >= 15 is 0 Å². The summed E-state index contributed by atoms with van der Waals surface area (Å²) in [5, 5.41) is 15.3. The van der Waals surface area contributed by atoms with Crippen molar-refractivity contribution in [1.82, 2.24) is 5.43 Å². The second-order valence-corrected chi connectivity index (χ2v) is 7.55. The molecule has 31 heavy (non-hydrogen) atoms. The molecule has 0 bridgehead atoms. The Kier molecular flexibility index (Phi) is 6.09. The van der Waals surface area contributed by atoms with E-state index in [0.717, 1.165) is 25.9 Å². The van der Waals surface area contributed by atoms with Gasteiger partial charge in [-0.3, -0.25) is 4.79 Å². The van der Waals surface area contributed by atoms with Gasteiger partial charge in [-0.2, -0.15) is 5.10 Å². The molecule has 0 aromatic heterocycles. The summed E-state index contributed by atoms with van der Waals surface area (Å²) >= 11 is 0. The zero-order valence-corrected chi connectivity index (χ0v) is 17.0. The molecular weight excluding hydrogens is 393 g/mol. The second kappa shape index (κ2) is 9.10. The van der Waals surface area contributed by atoms with Crippen LogP contribution in [0.3, 0.4) is 0 Å². The van der Waals surface area contributed by atoms with Crippen molar-refractivity contribution in [1.29, 1.82) is 0 Å². The normalized spacial score (nSPS) is 14.2. The van der Waals surface area contributed by atoms with Crippen molar-refractivity contribution < 1.29 is 14.3 Å². The highest BCUT2D eigenvalue weighted by molar-refractivity contribution is 5.91. The van der Waals surface area contributed by atoms with E-state index in [4.69, 9.17) is 0 Å². The van der Waals surface area contributed by atoms with E-state index in [1.165, 1.54) is 12.3 Å². The molecule has 1 saturated heterocycles. The third kappa shape index (κ3) is 4.34. The number of anilines is 1. The predicted molar refractivity (Wildman–Crippen MR) is 119 cm³/mol. The van der Waals surface area contributed by atoms with E-state index in [1.807, 2.05) is 17.0 Å². The molecule has 0 aliphatic carbocycles. The van der Waals surface area contributed by atoms with Gasteiger partial charge < -0.3 is 10.0 Å². The second-order valence-electron chi connectivity index (χ2n) is 7.55. The molecular formula is C25H24FN3O2. The number of hydrogen-bond donors (Lipinski definition) is 2. The number of carbonyl (C=O) groups excluding carboxylic acids is 1. The van der Waals surface area contributed by atoms with Crippen LogP contribution in [0.5, 0.6) is 0 Å².